The van der Waals surface area contributed by atoms with E-state index in [4.69, 9.17) is 0 Å². The lowest BCUT2D eigenvalue weighted by Gasteiger charge is -2.25. The summed E-state index contributed by atoms with van der Waals surface area (Å²) < 4.78 is 15.1. The van der Waals surface area contributed by atoms with E-state index in [1.165, 1.54) is 28.3 Å². The van der Waals surface area contributed by atoms with Crippen molar-refractivity contribution < 1.29 is 9.18 Å². The van der Waals surface area contributed by atoms with Gasteiger partial charge in [0, 0.05) is 31.3 Å². The maximum absolute atomic E-state index is 13.7. The van der Waals surface area contributed by atoms with Crippen molar-refractivity contribution >= 4 is 27.3 Å². The van der Waals surface area contributed by atoms with Crippen LogP contribution in [-0.2, 0) is 6.54 Å². The lowest BCUT2D eigenvalue weighted by molar-refractivity contribution is 0.0943. The van der Waals surface area contributed by atoms with Crippen molar-refractivity contribution in [1.29, 1.82) is 0 Å². The zero-order valence-corrected chi connectivity index (χ0v) is 15.3. The van der Waals surface area contributed by atoms with Gasteiger partial charge >= 0.3 is 0 Å². The van der Waals surface area contributed by atoms with Gasteiger partial charge in [0.05, 0.1) is 0 Å². The highest BCUT2D eigenvalue weighted by atomic mass is 32.1. The van der Waals surface area contributed by atoms with Gasteiger partial charge in [-0.2, -0.15) is 9.50 Å². The first-order valence-electron chi connectivity index (χ1n) is 8.79. The van der Waals surface area contributed by atoms with Crippen molar-refractivity contribution in [3.05, 3.63) is 57.8 Å². The van der Waals surface area contributed by atoms with Gasteiger partial charge in [-0.25, -0.2) is 4.39 Å². The molecule has 4 rings (SSSR count). The monoisotopic (exact) mass is 387 g/mol. The number of benzene rings is 1. The molecule has 0 radical (unpaired) electrons. The Kier molecular flexibility index (Phi) is 4.85. The van der Waals surface area contributed by atoms with Crippen LogP contribution in [0, 0.1) is 5.82 Å². The van der Waals surface area contributed by atoms with E-state index < -0.39 is 17.3 Å². The SMILES string of the molecule is O=C(NCc1ccccc1F)c1cc(=O)nc2sc(N3CCCCC3)nn12. The molecule has 0 atom stereocenters. The summed E-state index contributed by atoms with van der Waals surface area (Å²) in [5.41, 5.74) is -0.0310. The Labute approximate surface area is 158 Å². The van der Waals surface area contributed by atoms with Crippen molar-refractivity contribution in [1.82, 2.24) is 19.9 Å². The van der Waals surface area contributed by atoms with Crippen LogP contribution in [0.5, 0.6) is 0 Å². The maximum Gasteiger partial charge on any atom is 0.274 e. The van der Waals surface area contributed by atoms with E-state index in [1.807, 2.05) is 0 Å². The van der Waals surface area contributed by atoms with Crippen LogP contribution in [-0.4, -0.2) is 33.6 Å². The predicted octanol–water partition coefficient (Wildman–Crippen LogP) is 2.21. The number of halogens is 1. The summed E-state index contributed by atoms with van der Waals surface area (Å²) in [6, 6.07) is 7.38. The minimum Gasteiger partial charge on any atom is -0.347 e. The molecule has 0 aliphatic carbocycles. The van der Waals surface area contributed by atoms with E-state index in [2.05, 4.69) is 20.3 Å². The number of rotatable bonds is 4. The molecule has 3 heterocycles. The molecule has 1 N–H and O–H groups in total. The van der Waals surface area contributed by atoms with E-state index >= 15 is 0 Å². The molecule has 27 heavy (non-hydrogen) atoms. The smallest absolute Gasteiger partial charge is 0.274 e. The van der Waals surface area contributed by atoms with Crippen LogP contribution in [0.2, 0.25) is 0 Å². The molecule has 2 aromatic heterocycles. The molecule has 1 saturated heterocycles. The Balaban J connectivity index is 1.62. The number of fused-ring (bicyclic) bond motifs is 1. The largest absolute Gasteiger partial charge is 0.347 e. The quantitative estimate of drug-likeness (QED) is 0.743. The first-order valence-corrected chi connectivity index (χ1v) is 9.61. The molecule has 140 valence electrons. The van der Waals surface area contributed by atoms with Crippen LogP contribution >= 0.6 is 11.3 Å². The number of carbonyl (C=O) groups is 1. The van der Waals surface area contributed by atoms with Crippen molar-refractivity contribution in [2.24, 2.45) is 0 Å². The molecule has 9 heteroatoms. The number of hydrogen-bond donors (Lipinski definition) is 1. The summed E-state index contributed by atoms with van der Waals surface area (Å²) >= 11 is 1.29. The number of anilines is 1. The van der Waals surface area contributed by atoms with Crippen LogP contribution < -0.4 is 15.8 Å². The summed E-state index contributed by atoms with van der Waals surface area (Å²) in [6.07, 6.45) is 3.38. The van der Waals surface area contributed by atoms with Gasteiger partial charge in [0.25, 0.3) is 11.5 Å². The molecule has 3 aromatic rings. The fourth-order valence-electron chi connectivity index (χ4n) is 3.09. The molecule has 1 aliphatic rings. The van der Waals surface area contributed by atoms with Gasteiger partial charge < -0.3 is 10.2 Å². The van der Waals surface area contributed by atoms with E-state index in [1.54, 1.807) is 18.2 Å². The molecule has 7 nitrogen and oxygen atoms in total. The highest BCUT2D eigenvalue weighted by molar-refractivity contribution is 7.20. The molecule has 0 spiro atoms. The number of nitrogens with zero attached hydrogens (tertiary/aromatic N) is 4. The van der Waals surface area contributed by atoms with E-state index in [0.29, 0.717) is 10.5 Å². The summed E-state index contributed by atoms with van der Waals surface area (Å²) in [6.45, 7) is 1.83. The Morgan fingerprint density at radius 3 is 2.78 bits per heavy atom. The van der Waals surface area contributed by atoms with Crippen molar-refractivity contribution in [2.75, 3.05) is 18.0 Å². The van der Waals surface area contributed by atoms with Gasteiger partial charge in [0.15, 0.2) is 0 Å². The van der Waals surface area contributed by atoms with E-state index in [0.717, 1.165) is 37.1 Å². The molecule has 1 aliphatic heterocycles. The van der Waals surface area contributed by atoms with E-state index in [-0.39, 0.29) is 12.2 Å². The standard InChI is InChI=1S/C18H18FN5O2S/c19-13-7-3-2-6-12(13)11-20-16(26)14-10-15(25)21-17-24(14)22-18(27-17)23-8-4-1-5-9-23/h2-3,6-7,10H,1,4-5,8-9,11H2,(H,20,26). The normalized spacial score (nSPS) is 14.5. The van der Waals surface area contributed by atoms with Crippen LogP contribution in [0.15, 0.2) is 35.1 Å². The van der Waals surface area contributed by atoms with Crippen molar-refractivity contribution in [2.45, 2.75) is 25.8 Å². The van der Waals surface area contributed by atoms with Gasteiger partial charge in [-0.05, 0) is 25.3 Å². The minimum atomic E-state index is -0.500. The molecule has 1 amide bonds. The fourth-order valence-corrected chi connectivity index (χ4v) is 4.05. The highest BCUT2D eigenvalue weighted by Crippen LogP contribution is 2.25. The zero-order chi connectivity index (χ0) is 18.8. The van der Waals surface area contributed by atoms with Crippen LogP contribution in [0.25, 0.3) is 4.96 Å². The Morgan fingerprint density at radius 1 is 1.22 bits per heavy atom. The fraction of sp³-hybridized carbons (Fsp3) is 0.333. The van der Waals surface area contributed by atoms with Gasteiger partial charge in [-0.1, -0.05) is 29.5 Å². The maximum atomic E-state index is 13.7. The minimum absolute atomic E-state index is 0.0210. The zero-order valence-electron chi connectivity index (χ0n) is 14.5. The Hall–Kier alpha value is -2.81. The van der Waals surface area contributed by atoms with Crippen molar-refractivity contribution in [3.63, 3.8) is 0 Å². The third-order valence-electron chi connectivity index (χ3n) is 4.50. The summed E-state index contributed by atoms with van der Waals surface area (Å²) in [5, 5.41) is 7.89. The first kappa shape index (κ1) is 17.6. The van der Waals surface area contributed by atoms with Crippen molar-refractivity contribution in [3.8, 4) is 0 Å². The van der Waals surface area contributed by atoms with Gasteiger partial charge in [0.1, 0.15) is 11.5 Å². The molecule has 0 unspecified atom stereocenters. The molecule has 0 bridgehead atoms. The Bertz CT molecular complexity index is 1040. The third-order valence-corrected chi connectivity index (χ3v) is 5.47. The highest BCUT2D eigenvalue weighted by Gasteiger charge is 2.20. The molecular weight excluding hydrogens is 369 g/mol. The average molecular weight is 387 g/mol. The second-order valence-corrected chi connectivity index (χ2v) is 7.31. The predicted molar refractivity (Wildman–Crippen MR) is 101 cm³/mol. The molecule has 1 fully saturated rings. The number of amides is 1. The average Bonchev–Trinajstić information content (AvgIpc) is 3.11. The van der Waals surface area contributed by atoms with E-state index in [9.17, 15) is 14.0 Å². The lowest BCUT2D eigenvalue weighted by atomic mass is 10.1. The van der Waals surface area contributed by atoms with Crippen LogP contribution in [0.3, 0.4) is 0 Å². The van der Waals surface area contributed by atoms with Gasteiger partial charge in [-0.3, -0.25) is 9.59 Å². The summed E-state index contributed by atoms with van der Waals surface area (Å²) in [5.74, 6) is -0.890. The third kappa shape index (κ3) is 3.68. The summed E-state index contributed by atoms with van der Waals surface area (Å²) in [7, 11) is 0. The Morgan fingerprint density at radius 2 is 2.00 bits per heavy atom. The lowest BCUT2D eigenvalue weighted by Crippen LogP contribution is -2.30. The van der Waals surface area contributed by atoms with Gasteiger partial charge in [0.2, 0.25) is 10.1 Å². The first-order chi connectivity index (χ1) is 13.1. The van der Waals surface area contributed by atoms with Crippen LogP contribution in [0.4, 0.5) is 9.52 Å². The topological polar surface area (TPSA) is 79.6 Å². The number of nitrogens with one attached hydrogen (secondary N) is 1. The number of piperidine rings is 1. The molecule has 0 saturated carbocycles. The number of carbonyl (C=O) groups excluding carboxylic acids is 1. The number of hydrogen-bond acceptors (Lipinski definition) is 6. The second-order valence-electron chi connectivity index (χ2n) is 6.38. The molecule has 1 aromatic carbocycles. The van der Waals surface area contributed by atoms with Crippen LogP contribution in [0.1, 0.15) is 35.3 Å². The molecular formula is C18H18FN5O2S. The van der Waals surface area contributed by atoms with Gasteiger partial charge in [-0.15, -0.1) is 5.10 Å². The second kappa shape index (κ2) is 7.43. The number of aromatic nitrogens is 3. The summed E-state index contributed by atoms with van der Waals surface area (Å²) in [4.78, 5) is 31.0.